The Balaban J connectivity index is 1.89. The van der Waals surface area contributed by atoms with Crippen LogP contribution in [0.1, 0.15) is 12.0 Å². The second kappa shape index (κ2) is 7.87. The molecule has 25 heavy (non-hydrogen) atoms. The fourth-order valence-corrected chi connectivity index (χ4v) is 2.81. The van der Waals surface area contributed by atoms with Gasteiger partial charge in [0, 0.05) is 20.6 Å². The van der Waals surface area contributed by atoms with Crippen molar-refractivity contribution in [3.63, 3.8) is 0 Å². The van der Waals surface area contributed by atoms with Crippen LogP contribution in [-0.2, 0) is 16.0 Å². The number of imide groups is 1. The van der Waals surface area contributed by atoms with Crippen LogP contribution in [0.5, 0.6) is 11.5 Å². The van der Waals surface area contributed by atoms with E-state index in [2.05, 4.69) is 5.32 Å². The summed E-state index contributed by atoms with van der Waals surface area (Å²) >= 11 is 0. The molecular formula is C17H23N3O5. The lowest BCUT2D eigenvalue weighted by Gasteiger charge is -2.16. The molecule has 0 spiro atoms. The maximum atomic E-state index is 12.1. The van der Waals surface area contributed by atoms with Crippen molar-refractivity contribution >= 4 is 17.8 Å². The zero-order valence-electron chi connectivity index (χ0n) is 14.9. The van der Waals surface area contributed by atoms with Gasteiger partial charge in [-0.05, 0) is 18.1 Å². The molecule has 1 fully saturated rings. The van der Waals surface area contributed by atoms with Crippen LogP contribution in [0.25, 0.3) is 0 Å². The first-order valence-electron chi connectivity index (χ1n) is 7.91. The van der Waals surface area contributed by atoms with Crippen molar-refractivity contribution in [3.05, 3.63) is 23.8 Å². The van der Waals surface area contributed by atoms with Crippen LogP contribution in [0.15, 0.2) is 18.2 Å². The molecule has 0 aliphatic carbocycles. The Morgan fingerprint density at radius 2 is 1.92 bits per heavy atom. The van der Waals surface area contributed by atoms with E-state index in [1.807, 2.05) is 12.1 Å². The molecule has 1 aromatic rings. The molecule has 2 rings (SSSR count). The van der Waals surface area contributed by atoms with E-state index >= 15 is 0 Å². The molecule has 0 radical (unpaired) electrons. The smallest absolute Gasteiger partial charge is 0.326 e. The van der Waals surface area contributed by atoms with Crippen molar-refractivity contribution in [2.75, 3.05) is 34.9 Å². The Kier molecular flexibility index (Phi) is 5.84. The summed E-state index contributed by atoms with van der Waals surface area (Å²) in [5.74, 6) is 0.621. The molecule has 1 aromatic carbocycles. The van der Waals surface area contributed by atoms with Gasteiger partial charge >= 0.3 is 6.03 Å². The number of para-hydroxylation sites is 1. The number of methoxy groups -OCH3 is 2. The third kappa shape index (κ3) is 3.84. The van der Waals surface area contributed by atoms with Crippen LogP contribution in [0.3, 0.4) is 0 Å². The lowest BCUT2D eigenvalue weighted by atomic mass is 10.1. The number of hydrogen-bond donors (Lipinski definition) is 1. The van der Waals surface area contributed by atoms with Gasteiger partial charge in [0.05, 0.1) is 20.6 Å². The SMILES string of the molecule is COc1cccc(CCNC(=O)C[C@@H]2C(=O)N(C)C(=O)N2C)c1OC. The first kappa shape index (κ1) is 18.6. The summed E-state index contributed by atoms with van der Waals surface area (Å²) in [6.07, 6.45) is 0.500. The molecule has 8 heteroatoms. The fraction of sp³-hybridized carbons (Fsp3) is 0.471. The predicted octanol–water partition coefficient (Wildman–Crippen LogP) is 0.645. The lowest BCUT2D eigenvalue weighted by molar-refractivity contribution is -0.131. The van der Waals surface area contributed by atoms with E-state index in [-0.39, 0.29) is 18.2 Å². The molecule has 0 unspecified atom stereocenters. The van der Waals surface area contributed by atoms with E-state index < -0.39 is 12.1 Å². The number of likely N-dealkylation sites (N-methyl/N-ethyl adjacent to an activating group) is 2. The Morgan fingerprint density at radius 1 is 1.20 bits per heavy atom. The van der Waals surface area contributed by atoms with Gasteiger partial charge in [-0.3, -0.25) is 14.5 Å². The molecule has 0 saturated carbocycles. The van der Waals surface area contributed by atoms with Crippen molar-refractivity contribution in [1.82, 2.24) is 15.1 Å². The number of urea groups is 1. The summed E-state index contributed by atoms with van der Waals surface area (Å²) in [6, 6.07) is 4.41. The Hall–Kier alpha value is -2.77. The Bertz CT molecular complexity index is 676. The van der Waals surface area contributed by atoms with Gasteiger partial charge in [-0.25, -0.2) is 4.79 Å². The summed E-state index contributed by atoms with van der Waals surface area (Å²) in [5, 5.41) is 2.77. The lowest BCUT2D eigenvalue weighted by Crippen LogP contribution is -2.37. The van der Waals surface area contributed by atoms with Crippen molar-refractivity contribution in [1.29, 1.82) is 0 Å². The number of amides is 4. The fourth-order valence-electron chi connectivity index (χ4n) is 2.81. The van der Waals surface area contributed by atoms with Crippen molar-refractivity contribution in [3.8, 4) is 11.5 Å². The van der Waals surface area contributed by atoms with Crippen LogP contribution >= 0.6 is 0 Å². The molecule has 1 aliphatic rings. The first-order valence-corrected chi connectivity index (χ1v) is 7.91. The highest BCUT2D eigenvalue weighted by molar-refractivity contribution is 6.05. The molecular weight excluding hydrogens is 326 g/mol. The molecule has 1 saturated heterocycles. The quantitative estimate of drug-likeness (QED) is 0.730. The molecule has 1 aliphatic heterocycles. The Labute approximate surface area is 146 Å². The van der Waals surface area contributed by atoms with Crippen molar-refractivity contribution in [2.24, 2.45) is 0 Å². The number of nitrogens with one attached hydrogen (secondary N) is 1. The maximum Gasteiger partial charge on any atom is 0.326 e. The molecule has 0 aromatic heterocycles. The van der Waals surface area contributed by atoms with E-state index in [0.717, 1.165) is 10.5 Å². The molecule has 4 amide bonds. The van der Waals surface area contributed by atoms with E-state index in [9.17, 15) is 14.4 Å². The monoisotopic (exact) mass is 349 g/mol. The van der Waals surface area contributed by atoms with Crippen LogP contribution in [0, 0.1) is 0 Å². The molecule has 8 nitrogen and oxygen atoms in total. The minimum absolute atomic E-state index is 0.0549. The van der Waals surface area contributed by atoms with Crippen LogP contribution in [0.2, 0.25) is 0 Å². The van der Waals surface area contributed by atoms with Gasteiger partial charge in [0.25, 0.3) is 5.91 Å². The van der Waals surface area contributed by atoms with E-state index in [0.29, 0.717) is 24.5 Å². The topological polar surface area (TPSA) is 88.2 Å². The third-order valence-electron chi connectivity index (χ3n) is 4.25. The second-order valence-corrected chi connectivity index (χ2v) is 5.76. The number of hydrogen-bond acceptors (Lipinski definition) is 5. The highest BCUT2D eigenvalue weighted by atomic mass is 16.5. The van der Waals surface area contributed by atoms with Gasteiger partial charge in [-0.2, -0.15) is 0 Å². The third-order valence-corrected chi connectivity index (χ3v) is 4.25. The zero-order valence-corrected chi connectivity index (χ0v) is 14.9. The zero-order chi connectivity index (χ0) is 18.6. The molecule has 1 atom stereocenters. The maximum absolute atomic E-state index is 12.1. The molecule has 1 N–H and O–H groups in total. The summed E-state index contributed by atoms with van der Waals surface area (Å²) < 4.78 is 10.6. The largest absolute Gasteiger partial charge is 0.493 e. The summed E-state index contributed by atoms with van der Waals surface area (Å²) in [7, 11) is 6.06. The number of benzene rings is 1. The minimum atomic E-state index is -0.746. The van der Waals surface area contributed by atoms with Gasteiger partial charge in [0.2, 0.25) is 5.91 Å². The van der Waals surface area contributed by atoms with E-state index in [1.165, 1.54) is 19.0 Å². The summed E-state index contributed by atoms with van der Waals surface area (Å²) in [6.45, 7) is 0.386. The van der Waals surface area contributed by atoms with Crippen LogP contribution in [-0.4, -0.2) is 68.5 Å². The van der Waals surface area contributed by atoms with Gasteiger partial charge in [-0.15, -0.1) is 0 Å². The highest BCUT2D eigenvalue weighted by Crippen LogP contribution is 2.30. The highest BCUT2D eigenvalue weighted by Gasteiger charge is 2.41. The number of rotatable bonds is 7. The first-order chi connectivity index (χ1) is 11.9. The number of nitrogens with zero attached hydrogens (tertiary/aromatic N) is 2. The summed E-state index contributed by atoms with van der Waals surface area (Å²) in [5.41, 5.74) is 0.908. The molecule has 0 bridgehead atoms. The molecule has 136 valence electrons. The van der Waals surface area contributed by atoms with Gasteiger partial charge in [0.15, 0.2) is 11.5 Å². The van der Waals surface area contributed by atoms with Gasteiger partial charge in [-0.1, -0.05) is 12.1 Å². The van der Waals surface area contributed by atoms with Crippen LogP contribution < -0.4 is 14.8 Å². The minimum Gasteiger partial charge on any atom is -0.493 e. The average Bonchev–Trinajstić information content (AvgIpc) is 2.79. The van der Waals surface area contributed by atoms with Crippen molar-refractivity contribution < 1.29 is 23.9 Å². The standard InChI is InChI=1S/C17H23N3O5/c1-19-12(16(22)20(2)17(19)23)10-14(21)18-9-8-11-6-5-7-13(24-3)15(11)25-4/h5-7,12H,8-10H2,1-4H3,(H,18,21)/t12-/m1/s1. The van der Waals surface area contributed by atoms with E-state index in [1.54, 1.807) is 20.3 Å². The number of carbonyl (C=O) groups is 3. The van der Waals surface area contributed by atoms with Crippen molar-refractivity contribution in [2.45, 2.75) is 18.9 Å². The normalized spacial score (nSPS) is 17.0. The molecule has 1 heterocycles. The number of ether oxygens (including phenoxy) is 2. The average molecular weight is 349 g/mol. The van der Waals surface area contributed by atoms with Crippen LogP contribution in [0.4, 0.5) is 4.79 Å². The van der Waals surface area contributed by atoms with Gasteiger partial charge < -0.3 is 19.7 Å². The van der Waals surface area contributed by atoms with Gasteiger partial charge in [0.1, 0.15) is 6.04 Å². The van der Waals surface area contributed by atoms with E-state index in [4.69, 9.17) is 9.47 Å². The second-order valence-electron chi connectivity index (χ2n) is 5.76. The predicted molar refractivity (Wildman–Crippen MR) is 90.6 cm³/mol. The Morgan fingerprint density at radius 3 is 2.48 bits per heavy atom. The number of carbonyl (C=O) groups excluding carboxylic acids is 3. The summed E-state index contributed by atoms with van der Waals surface area (Å²) in [4.78, 5) is 38.1.